The molecule has 1 aliphatic rings. The highest BCUT2D eigenvalue weighted by molar-refractivity contribution is 5.76. The summed E-state index contributed by atoms with van der Waals surface area (Å²) in [6, 6.07) is 0.0747. The van der Waals surface area contributed by atoms with Gasteiger partial charge in [-0.05, 0) is 17.9 Å². The maximum atomic E-state index is 11.2. The second kappa shape index (κ2) is 5.53. The van der Waals surface area contributed by atoms with E-state index in [0.29, 0.717) is 11.3 Å². The van der Waals surface area contributed by atoms with Crippen molar-refractivity contribution in [2.45, 2.75) is 27.7 Å². The highest BCUT2D eigenvalue weighted by Crippen LogP contribution is 2.24. The van der Waals surface area contributed by atoms with Crippen molar-refractivity contribution in [2.24, 2.45) is 11.3 Å². The van der Waals surface area contributed by atoms with E-state index in [1.807, 2.05) is 4.90 Å². The smallest absolute Gasteiger partial charge is 0.317 e. The lowest BCUT2D eigenvalue weighted by Crippen LogP contribution is -2.37. The first kappa shape index (κ1) is 13.3. The number of hydrogen-bond acceptors (Lipinski definition) is 2. The van der Waals surface area contributed by atoms with Gasteiger partial charge in [0.1, 0.15) is 0 Å². The minimum Gasteiger partial charge on any atom is -0.336 e. The Bertz CT molecular complexity index is 235. The van der Waals surface area contributed by atoms with Crippen molar-refractivity contribution in [1.29, 1.82) is 0 Å². The average Bonchev–Trinajstić information content (AvgIpc) is 2.57. The van der Waals surface area contributed by atoms with Crippen molar-refractivity contribution in [1.82, 2.24) is 15.5 Å². The number of amides is 2. The fourth-order valence-electron chi connectivity index (χ4n) is 1.56. The van der Waals surface area contributed by atoms with Crippen LogP contribution in [0.25, 0.3) is 0 Å². The van der Waals surface area contributed by atoms with Crippen LogP contribution < -0.4 is 10.6 Å². The predicted octanol–water partition coefficient (Wildman–Crippen LogP) is 1.28. The molecule has 0 spiro atoms. The lowest BCUT2D eigenvalue weighted by atomic mass is 9.82. The van der Waals surface area contributed by atoms with E-state index in [1.54, 1.807) is 0 Å². The van der Waals surface area contributed by atoms with E-state index in [9.17, 15) is 4.79 Å². The molecule has 0 aromatic heterocycles. The molecule has 0 bridgehead atoms. The predicted molar refractivity (Wildman–Crippen MR) is 66.5 cm³/mol. The molecular formula is C12H25N3O. The summed E-state index contributed by atoms with van der Waals surface area (Å²) in [5.41, 5.74) is 0.345. The van der Waals surface area contributed by atoms with Gasteiger partial charge in [-0.15, -0.1) is 0 Å². The zero-order valence-electron chi connectivity index (χ0n) is 11.0. The van der Waals surface area contributed by atoms with Crippen molar-refractivity contribution in [3.05, 3.63) is 0 Å². The van der Waals surface area contributed by atoms with Gasteiger partial charge in [0.15, 0.2) is 0 Å². The molecule has 4 nitrogen and oxygen atoms in total. The van der Waals surface area contributed by atoms with Gasteiger partial charge < -0.3 is 15.5 Å². The van der Waals surface area contributed by atoms with E-state index in [1.165, 1.54) is 0 Å². The summed E-state index contributed by atoms with van der Waals surface area (Å²) >= 11 is 0. The van der Waals surface area contributed by atoms with E-state index < -0.39 is 0 Å². The van der Waals surface area contributed by atoms with Gasteiger partial charge in [0.2, 0.25) is 0 Å². The fourth-order valence-corrected chi connectivity index (χ4v) is 1.56. The van der Waals surface area contributed by atoms with Gasteiger partial charge in [-0.25, -0.2) is 4.79 Å². The third kappa shape index (κ3) is 4.00. The Labute approximate surface area is 98.8 Å². The van der Waals surface area contributed by atoms with Crippen LogP contribution in [0.4, 0.5) is 4.79 Å². The molecule has 1 saturated heterocycles. The number of nitrogens with one attached hydrogen (secondary N) is 2. The molecule has 0 radical (unpaired) electrons. The summed E-state index contributed by atoms with van der Waals surface area (Å²) in [4.78, 5) is 13.1. The van der Waals surface area contributed by atoms with Crippen molar-refractivity contribution < 1.29 is 4.79 Å². The molecule has 1 rings (SSSR count). The number of carbonyl (C=O) groups excluding carboxylic acids is 1. The molecule has 16 heavy (non-hydrogen) atoms. The van der Waals surface area contributed by atoms with E-state index in [-0.39, 0.29) is 6.03 Å². The molecule has 2 amide bonds. The minimum atomic E-state index is 0.0747. The quantitative estimate of drug-likeness (QED) is 0.695. The topological polar surface area (TPSA) is 44.4 Å². The monoisotopic (exact) mass is 227 g/mol. The maximum absolute atomic E-state index is 11.2. The van der Waals surface area contributed by atoms with Crippen LogP contribution in [0.2, 0.25) is 0 Å². The molecule has 1 fully saturated rings. The Hall–Kier alpha value is -0.770. The van der Waals surface area contributed by atoms with E-state index in [4.69, 9.17) is 0 Å². The minimum absolute atomic E-state index is 0.0747. The Balaban J connectivity index is 2.10. The molecule has 2 N–H and O–H groups in total. The van der Waals surface area contributed by atoms with Crippen LogP contribution in [0.15, 0.2) is 0 Å². The highest BCUT2D eigenvalue weighted by atomic mass is 16.2. The first-order valence-electron chi connectivity index (χ1n) is 6.15. The van der Waals surface area contributed by atoms with Gasteiger partial charge in [0, 0.05) is 26.2 Å². The molecule has 0 saturated carbocycles. The second-order valence-corrected chi connectivity index (χ2v) is 5.69. The summed E-state index contributed by atoms with van der Waals surface area (Å²) in [5.74, 6) is 0.639. The Morgan fingerprint density at radius 2 is 2.19 bits per heavy atom. The molecule has 1 atom stereocenters. The fraction of sp³-hybridized carbons (Fsp3) is 0.917. The third-order valence-corrected chi connectivity index (χ3v) is 3.43. The molecule has 4 heteroatoms. The second-order valence-electron chi connectivity index (χ2n) is 5.69. The highest BCUT2D eigenvalue weighted by Gasteiger charge is 2.20. The number of hydrogen-bond donors (Lipinski definition) is 2. The summed E-state index contributed by atoms with van der Waals surface area (Å²) in [6.45, 7) is 13.4. The van der Waals surface area contributed by atoms with Crippen molar-refractivity contribution in [2.75, 3.05) is 32.7 Å². The molecule has 0 aliphatic carbocycles. The molecule has 94 valence electrons. The summed E-state index contributed by atoms with van der Waals surface area (Å²) in [6.07, 6.45) is 0. The van der Waals surface area contributed by atoms with Crippen LogP contribution in [-0.4, -0.2) is 43.7 Å². The number of carbonyl (C=O) groups is 1. The van der Waals surface area contributed by atoms with Crippen molar-refractivity contribution in [3.8, 4) is 0 Å². The molecule has 1 aliphatic heterocycles. The molecular weight excluding hydrogens is 202 g/mol. The average molecular weight is 227 g/mol. The van der Waals surface area contributed by atoms with Gasteiger partial charge in [-0.1, -0.05) is 27.7 Å². The van der Waals surface area contributed by atoms with E-state index in [0.717, 1.165) is 32.7 Å². The zero-order chi connectivity index (χ0) is 12.2. The van der Waals surface area contributed by atoms with Gasteiger partial charge in [0.25, 0.3) is 0 Å². The molecule has 1 unspecified atom stereocenters. The van der Waals surface area contributed by atoms with E-state index in [2.05, 4.69) is 38.3 Å². The van der Waals surface area contributed by atoms with Crippen molar-refractivity contribution >= 4 is 6.03 Å². The zero-order valence-corrected chi connectivity index (χ0v) is 11.0. The Morgan fingerprint density at radius 1 is 1.50 bits per heavy atom. The summed E-state index contributed by atoms with van der Waals surface area (Å²) in [5, 5.41) is 6.22. The lowest BCUT2D eigenvalue weighted by molar-refractivity contribution is 0.215. The van der Waals surface area contributed by atoms with Crippen LogP contribution >= 0.6 is 0 Å². The van der Waals surface area contributed by atoms with Crippen LogP contribution in [0.3, 0.4) is 0 Å². The first-order chi connectivity index (χ1) is 7.41. The van der Waals surface area contributed by atoms with Gasteiger partial charge in [-0.2, -0.15) is 0 Å². The first-order valence-corrected chi connectivity index (χ1v) is 6.15. The van der Waals surface area contributed by atoms with Crippen molar-refractivity contribution in [3.63, 3.8) is 0 Å². The van der Waals surface area contributed by atoms with Crippen LogP contribution in [0, 0.1) is 11.3 Å². The number of urea groups is 1. The third-order valence-electron chi connectivity index (χ3n) is 3.43. The SMILES string of the molecule is CC(CNCCN1CCNC1=O)C(C)(C)C. The molecule has 0 aromatic carbocycles. The van der Waals surface area contributed by atoms with Crippen LogP contribution in [0.1, 0.15) is 27.7 Å². The normalized spacial score (nSPS) is 18.8. The molecule has 0 aromatic rings. The number of nitrogens with zero attached hydrogens (tertiary/aromatic N) is 1. The van der Waals surface area contributed by atoms with E-state index >= 15 is 0 Å². The lowest BCUT2D eigenvalue weighted by Gasteiger charge is -2.27. The van der Waals surface area contributed by atoms with Crippen LogP contribution in [0.5, 0.6) is 0 Å². The number of rotatable bonds is 5. The van der Waals surface area contributed by atoms with Gasteiger partial charge >= 0.3 is 6.03 Å². The largest absolute Gasteiger partial charge is 0.336 e. The van der Waals surface area contributed by atoms with Crippen LogP contribution in [-0.2, 0) is 0 Å². The Kier molecular flexibility index (Phi) is 4.59. The van der Waals surface area contributed by atoms with Gasteiger partial charge in [0.05, 0.1) is 0 Å². The molecule has 1 heterocycles. The standard InChI is InChI=1S/C12H25N3O/c1-10(12(2,3)4)9-13-5-7-15-8-6-14-11(15)16/h10,13H,5-9H2,1-4H3,(H,14,16). The van der Waals surface area contributed by atoms with Gasteiger partial charge in [-0.3, -0.25) is 0 Å². The summed E-state index contributed by atoms with van der Waals surface area (Å²) < 4.78 is 0. The maximum Gasteiger partial charge on any atom is 0.317 e. The Morgan fingerprint density at radius 3 is 2.69 bits per heavy atom. The summed E-state index contributed by atoms with van der Waals surface area (Å²) in [7, 11) is 0.